The molecular weight excluding hydrogens is 449 g/mol. The van der Waals surface area contributed by atoms with Crippen molar-refractivity contribution in [2.24, 2.45) is 0 Å². The van der Waals surface area contributed by atoms with Gasteiger partial charge in [0.2, 0.25) is 5.91 Å². The van der Waals surface area contributed by atoms with Crippen molar-refractivity contribution in [2.45, 2.75) is 32.4 Å². The first-order valence-corrected chi connectivity index (χ1v) is 11.3. The van der Waals surface area contributed by atoms with Gasteiger partial charge in [-0.1, -0.05) is 42.9 Å². The van der Waals surface area contributed by atoms with E-state index in [0.717, 1.165) is 41.6 Å². The molecule has 0 fully saturated rings. The van der Waals surface area contributed by atoms with Crippen LogP contribution < -0.4 is 5.32 Å². The molecule has 4 rings (SSSR count). The Bertz CT molecular complexity index is 1300. The minimum Gasteiger partial charge on any atom is -0.457 e. The van der Waals surface area contributed by atoms with E-state index in [9.17, 15) is 18.0 Å². The fourth-order valence-corrected chi connectivity index (χ4v) is 4.24. The van der Waals surface area contributed by atoms with E-state index in [2.05, 4.69) is 29.4 Å². The highest BCUT2D eigenvalue weighted by atomic mass is 32.1. The summed E-state index contributed by atoms with van der Waals surface area (Å²) in [4.78, 5) is 16.7. The molecule has 0 bridgehead atoms. The fraction of sp³-hybridized carbons (Fsp3) is 0.200. The normalized spacial score (nSPS) is 12.0. The van der Waals surface area contributed by atoms with Crippen molar-refractivity contribution < 1.29 is 22.4 Å². The van der Waals surface area contributed by atoms with Crippen molar-refractivity contribution in [3.05, 3.63) is 77.6 Å². The van der Waals surface area contributed by atoms with Crippen molar-refractivity contribution in [1.82, 2.24) is 4.98 Å². The molecule has 2 heterocycles. The number of unbranched alkanes of at least 4 members (excludes halogenated alkanes) is 1. The number of amides is 1. The van der Waals surface area contributed by atoms with E-state index in [1.54, 1.807) is 12.1 Å². The van der Waals surface area contributed by atoms with Gasteiger partial charge in [0.25, 0.3) is 0 Å². The average Bonchev–Trinajstić information content (AvgIpc) is 3.42. The summed E-state index contributed by atoms with van der Waals surface area (Å²) < 4.78 is 45.4. The number of alkyl halides is 3. The van der Waals surface area contributed by atoms with Crippen molar-refractivity contribution in [2.75, 3.05) is 5.32 Å². The van der Waals surface area contributed by atoms with Crippen LogP contribution in [0.5, 0.6) is 0 Å². The van der Waals surface area contributed by atoms with Gasteiger partial charge in [-0.2, -0.15) is 13.2 Å². The first kappa shape index (κ1) is 22.8. The summed E-state index contributed by atoms with van der Waals surface area (Å²) in [7, 11) is 0. The van der Waals surface area contributed by atoms with E-state index in [-0.39, 0.29) is 11.7 Å². The maximum Gasteiger partial charge on any atom is 0.416 e. The fourth-order valence-electron chi connectivity index (χ4n) is 3.31. The molecule has 4 aromatic rings. The first-order valence-electron chi connectivity index (χ1n) is 10.5. The second kappa shape index (κ2) is 9.62. The summed E-state index contributed by atoms with van der Waals surface area (Å²) in [5.41, 5.74) is 1.64. The highest BCUT2D eigenvalue weighted by molar-refractivity contribution is 7.22. The van der Waals surface area contributed by atoms with Gasteiger partial charge in [-0.15, -0.1) is 0 Å². The number of nitrogens with zero attached hydrogens (tertiary/aromatic N) is 1. The number of halogens is 3. The molecule has 0 spiro atoms. The Balaban J connectivity index is 1.42. The van der Waals surface area contributed by atoms with Crippen LogP contribution >= 0.6 is 11.3 Å². The lowest BCUT2D eigenvalue weighted by molar-refractivity contribution is -0.137. The number of aryl methyl sites for hydroxylation is 1. The Morgan fingerprint density at radius 3 is 2.79 bits per heavy atom. The van der Waals surface area contributed by atoms with Crippen molar-refractivity contribution in [3.8, 4) is 11.3 Å². The molecule has 2 aromatic carbocycles. The van der Waals surface area contributed by atoms with Gasteiger partial charge < -0.3 is 4.42 Å². The topological polar surface area (TPSA) is 55.1 Å². The maximum atomic E-state index is 12.9. The standard InChI is InChI=1S/C25H21F3N2O2S/c1-2-3-5-16-8-11-20-22(14-16)33-24(29-20)30-23(31)13-10-19-9-12-21(32-19)17-6-4-7-18(15-17)25(26,27)28/h4,6-15H,2-3,5H2,1H3,(H,29,30,31)/b13-10+. The molecule has 8 heteroatoms. The summed E-state index contributed by atoms with van der Waals surface area (Å²) in [5, 5.41) is 3.24. The zero-order valence-electron chi connectivity index (χ0n) is 17.8. The quantitative estimate of drug-likeness (QED) is 0.283. The number of nitrogens with one attached hydrogen (secondary N) is 1. The van der Waals surface area contributed by atoms with Gasteiger partial charge in [-0.3, -0.25) is 10.1 Å². The first-order chi connectivity index (χ1) is 15.8. The van der Waals surface area contributed by atoms with Gasteiger partial charge in [0.05, 0.1) is 15.8 Å². The van der Waals surface area contributed by atoms with Crippen LogP contribution in [-0.4, -0.2) is 10.9 Å². The lowest BCUT2D eigenvalue weighted by Gasteiger charge is -2.07. The molecule has 0 aliphatic rings. The van der Waals surface area contributed by atoms with E-state index >= 15 is 0 Å². The van der Waals surface area contributed by atoms with Crippen LogP contribution in [0.1, 0.15) is 36.7 Å². The molecule has 0 saturated heterocycles. The Kier molecular flexibility index (Phi) is 6.65. The van der Waals surface area contributed by atoms with E-state index in [4.69, 9.17) is 4.42 Å². The third-order valence-corrected chi connectivity index (χ3v) is 5.94. The predicted molar refractivity (Wildman–Crippen MR) is 125 cm³/mol. The number of thiazole rings is 1. The van der Waals surface area contributed by atoms with E-state index < -0.39 is 11.7 Å². The number of carbonyl (C=O) groups is 1. The van der Waals surface area contributed by atoms with Crippen LogP contribution in [0.4, 0.5) is 18.3 Å². The number of hydrogen-bond donors (Lipinski definition) is 1. The van der Waals surface area contributed by atoms with Gasteiger partial charge >= 0.3 is 6.18 Å². The number of furan rings is 1. The summed E-state index contributed by atoms with van der Waals surface area (Å²) >= 11 is 1.41. The number of rotatable bonds is 7. The lowest BCUT2D eigenvalue weighted by Crippen LogP contribution is -2.07. The Morgan fingerprint density at radius 2 is 2.00 bits per heavy atom. The average molecular weight is 471 g/mol. The van der Waals surface area contributed by atoms with Crippen molar-refractivity contribution >= 4 is 38.7 Å². The molecule has 0 saturated carbocycles. The number of anilines is 1. The van der Waals surface area contributed by atoms with Crippen LogP contribution in [0.25, 0.3) is 27.6 Å². The highest BCUT2D eigenvalue weighted by Gasteiger charge is 2.30. The molecule has 33 heavy (non-hydrogen) atoms. The zero-order chi connectivity index (χ0) is 23.4. The molecule has 1 N–H and O–H groups in total. The van der Waals surface area contributed by atoms with Gasteiger partial charge in [-0.05, 0) is 60.9 Å². The summed E-state index contributed by atoms with van der Waals surface area (Å²) in [5.74, 6) is 0.255. The maximum absolute atomic E-state index is 12.9. The Hall–Kier alpha value is -3.39. The van der Waals surface area contributed by atoms with Gasteiger partial charge in [0, 0.05) is 11.6 Å². The van der Waals surface area contributed by atoms with Crippen LogP contribution in [0.15, 0.2) is 65.1 Å². The predicted octanol–water partition coefficient (Wildman–Crippen LogP) is 7.57. The van der Waals surface area contributed by atoms with Gasteiger partial charge in [0.1, 0.15) is 11.5 Å². The Labute approximate surface area is 192 Å². The number of hydrogen-bond acceptors (Lipinski definition) is 4. The number of aromatic nitrogens is 1. The summed E-state index contributed by atoms with van der Waals surface area (Å²) in [6.07, 6.45) is 1.60. The second-order valence-electron chi connectivity index (χ2n) is 7.53. The van der Waals surface area contributed by atoms with Crippen LogP contribution in [0, 0.1) is 0 Å². The minimum atomic E-state index is -4.43. The largest absolute Gasteiger partial charge is 0.457 e. The smallest absolute Gasteiger partial charge is 0.416 e. The second-order valence-corrected chi connectivity index (χ2v) is 8.56. The third kappa shape index (κ3) is 5.70. The third-order valence-electron chi connectivity index (χ3n) is 5.00. The van der Waals surface area contributed by atoms with Gasteiger partial charge in [0.15, 0.2) is 5.13 Å². The van der Waals surface area contributed by atoms with Crippen molar-refractivity contribution in [3.63, 3.8) is 0 Å². The number of fused-ring (bicyclic) bond motifs is 1. The van der Waals surface area contributed by atoms with Crippen LogP contribution in [0.2, 0.25) is 0 Å². The lowest BCUT2D eigenvalue weighted by atomic mass is 10.1. The monoisotopic (exact) mass is 470 g/mol. The highest BCUT2D eigenvalue weighted by Crippen LogP contribution is 2.33. The molecule has 0 atom stereocenters. The zero-order valence-corrected chi connectivity index (χ0v) is 18.6. The number of benzene rings is 2. The van der Waals surface area contributed by atoms with Crippen LogP contribution in [0.3, 0.4) is 0 Å². The molecule has 0 radical (unpaired) electrons. The summed E-state index contributed by atoms with van der Waals surface area (Å²) in [6, 6.07) is 14.2. The molecule has 0 unspecified atom stereocenters. The molecule has 0 aliphatic carbocycles. The molecule has 1 amide bonds. The molecular formula is C25H21F3N2O2S. The number of carbonyl (C=O) groups excluding carboxylic acids is 1. The molecule has 2 aromatic heterocycles. The van der Waals surface area contributed by atoms with E-state index in [1.807, 2.05) is 6.07 Å². The molecule has 4 nitrogen and oxygen atoms in total. The summed E-state index contributed by atoms with van der Waals surface area (Å²) in [6.45, 7) is 2.15. The molecule has 170 valence electrons. The van der Waals surface area contributed by atoms with Gasteiger partial charge in [-0.25, -0.2) is 4.98 Å². The van der Waals surface area contributed by atoms with Crippen molar-refractivity contribution in [1.29, 1.82) is 0 Å². The van der Waals surface area contributed by atoms with E-state index in [1.165, 1.54) is 41.2 Å². The minimum absolute atomic E-state index is 0.284. The van der Waals surface area contributed by atoms with Crippen LogP contribution in [-0.2, 0) is 17.4 Å². The Morgan fingerprint density at radius 1 is 1.15 bits per heavy atom. The SMILES string of the molecule is CCCCc1ccc2nc(NC(=O)/C=C/c3ccc(-c4cccc(C(F)(F)F)c4)o3)sc2c1. The van der Waals surface area contributed by atoms with E-state index in [0.29, 0.717) is 16.5 Å². The molecule has 0 aliphatic heterocycles.